The van der Waals surface area contributed by atoms with E-state index < -0.39 is 43.1 Å². The SMILES string of the molecule is O=C(O)C(O)C(O)C(O)C(O)C(O)CO.[Na+]. The van der Waals surface area contributed by atoms with Crippen LogP contribution in [0.5, 0.6) is 0 Å². The van der Waals surface area contributed by atoms with Crippen molar-refractivity contribution in [2.45, 2.75) is 30.5 Å². The van der Waals surface area contributed by atoms with E-state index in [2.05, 4.69) is 0 Å². The first-order valence-electron chi connectivity index (χ1n) is 4.07. The molecule has 0 saturated heterocycles. The van der Waals surface area contributed by atoms with Crippen LogP contribution in [-0.2, 0) is 4.79 Å². The Hall–Kier alpha value is 0.230. The molecule has 0 aromatic carbocycles. The number of aliphatic hydroxyl groups is 6. The summed E-state index contributed by atoms with van der Waals surface area (Å²) in [5.41, 5.74) is 0. The van der Waals surface area contributed by atoms with Crippen molar-refractivity contribution in [3.8, 4) is 0 Å². The Morgan fingerprint density at radius 3 is 1.69 bits per heavy atom. The smallest absolute Gasteiger partial charge is 0.479 e. The second-order valence-corrected chi connectivity index (χ2v) is 3.00. The fourth-order valence-electron chi connectivity index (χ4n) is 0.870. The predicted molar refractivity (Wildman–Crippen MR) is 44.8 cm³/mol. The standard InChI is InChI=1S/C7H14O8.Na/c8-1-2(9)3(10)4(11)5(12)6(13)7(14)15;/h2-6,8-13H,1H2,(H,14,15);/q;+1. The molecule has 0 rings (SSSR count). The van der Waals surface area contributed by atoms with E-state index in [9.17, 15) is 4.79 Å². The van der Waals surface area contributed by atoms with E-state index in [-0.39, 0.29) is 29.6 Å². The molecular weight excluding hydrogens is 235 g/mol. The zero-order valence-electron chi connectivity index (χ0n) is 8.63. The van der Waals surface area contributed by atoms with Crippen molar-refractivity contribution in [2.75, 3.05) is 6.61 Å². The quantitative estimate of drug-likeness (QED) is 0.229. The zero-order chi connectivity index (χ0) is 12.2. The summed E-state index contributed by atoms with van der Waals surface area (Å²) >= 11 is 0. The van der Waals surface area contributed by atoms with Gasteiger partial charge in [-0.25, -0.2) is 4.79 Å². The Labute approximate surface area is 113 Å². The fraction of sp³-hybridized carbons (Fsp3) is 0.857. The van der Waals surface area contributed by atoms with Gasteiger partial charge in [-0.05, 0) is 0 Å². The monoisotopic (exact) mass is 249 g/mol. The van der Waals surface area contributed by atoms with Crippen LogP contribution in [0.3, 0.4) is 0 Å². The third-order valence-electron chi connectivity index (χ3n) is 1.86. The Morgan fingerprint density at radius 2 is 1.38 bits per heavy atom. The van der Waals surface area contributed by atoms with Gasteiger partial charge >= 0.3 is 35.5 Å². The van der Waals surface area contributed by atoms with Gasteiger partial charge in [-0.15, -0.1) is 0 Å². The van der Waals surface area contributed by atoms with Gasteiger partial charge in [-0.2, -0.15) is 0 Å². The first-order valence-corrected chi connectivity index (χ1v) is 4.07. The van der Waals surface area contributed by atoms with Gasteiger partial charge in [0.2, 0.25) is 0 Å². The molecule has 0 amide bonds. The maximum Gasteiger partial charge on any atom is 1.00 e. The minimum atomic E-state index is -2.29. The first kappa shape index (κ1) is 18.6. The minimum Gasteiger partial charge on any atom is -0.479 e. The summed E-state index contributed by atoms with van der Waals surface area (Å²) in [5, 5.41) is 61.5. The third-order valence-corrected chi connectivity index (χ3v) is 1.86. The molecule has 0 saturated carbocycles. The average Bonchev–Trinajstić information content (AvgIpc) is 2.23. The number of hydrogen-bond donors (Lipinski definition) is 7. The van der Waals surface area contributed by atoms with Gasteiger partial charge < -0.3 is 35.7 Å². The van der Waals surface area contributed by atoms with Crippen LogP contribution in [0, 0.1) is 0 Å². The van der Waals surface area contributed by atoms with Gasteiger partial charge in [0.05, 0.1) is 6.61 Å². The summed E-state index contributed by atoms with van der Waals surface area (Å²) < 4.78 is 0. The van der Waals surface area contributed by atoms with Crippen LogP contribution in [0.25, 0.3) is 0 Å². The third kappa shape index (κ3) is 5.04. The largest absolute Gasteiger partial charge is 1.00 e. The molecule has 9 heteroatoms. The summed E-state index contributed by atoms with van der Waals surface area (Å²) in [7, 11) is 0. The van der Waals surface area contributed by atoms with Crippen molar-refractivity contribution in [2.24, 2.45) is 0 Å². The molecule has 5 atom stereocenters. The molecule has 90 valence electrons. The average molecular weight is 249 g/mol. The van der Waals surface area contributed by atoms with Crippen LogP contribution >= 0.6 is 0 Å². The number of hydrogen-bond acceptors (Lipinski definition) is 7. The molecule has 0 heterocycles. The summed E-state index contributed by atoms with van der Waals surface area (Å²) in [6, 6.07) is 0. The Bertz CT molecular complexity index is 213. The number of rotatable bonds is 6. The molecular formula is C7H14NaO8+. The molecule has 8 nitrogen and oxygen atoms in total. The van der Waals surface area contributed by atoms with E-state index in [1.807, 2.05) is 0 Å². The molecule has 0 radical (unpaired) electrons. The zero-order valence-corrected chi connectivity index (χ0v) is 10.6. The summed E-state index contributed by atoms with van der Waals surface area (Å²) in [6.45, 7) is -0.881. The predicted octanol–water partition coefficient (Wildman–Crippen LogP) is -7.13. The van der Waals surface area contributed by atoms with Crippen molar-refractivity contribution in [1.82, 2.24) is 0 Å². The van der Waals surface area contributed by atoms with Crippen LogP contribution < -0.4 is 29.6 Å². The van der Waals surface area contributed by atoms with Gasteiger partial charge in [0.25, 0.3) is 0 Å². The van der Waals surface area contributed by atoms with Gasteiger partial charge in [-0.1, -0.05) is 0 Å². The molecule has 0 bridgehead atoms. The van der Waals surface area contributed by atoms with E-state index >= 15 is 0 Å². The normalized spacial score (nSPS) is 20.1. The van der Waals surface area contributed by atoms with Gasteiger partial charge in [0, 0.05) is 0 Å². The summed E-state index contributed by atoms with van der Waals surface area (Å²) in [5.74, 6) is -1.78. The summed E-state index contributed by atoms with van der Waals surface area (Å²) in [6.07, 6.45) is -10.2. The van der Waals surface area contributed by atoms with Crippen LogP contribution in [0.4, 0.5) is 0 Å². The van der Waals surface area contributed by atoms with Gasteiger partial charge in [0.15, 0.2) is 6.10 Å². The van der Waals surface area contributed by atoms with Gasteiger partial charge in [0.1, 0.15) is 24.4 Å². The molecule has 5 unspecified atom stereocenters. The van der Waals surface area contributed by atoms with E-state index in [1.54, 1.807) is 0 Å². The molecule has 0 aromatic heterocycles. The second-order valence-electron chi connectivity index (χ2n) is 3.00. The Balaban J connectivity index is 0. The van der Waals surface area contributed by atoms with Crippen molar-refractivity contribution in [3.05, 3.63) is 0 Å². The van der Waals surface area contributed by atoms with E-state index in [0.717, 1.165) is 0 Å². The molecule has 0 aromatic rings. The van der Waals surface area contributed by atoms with Crippen LogP contribution in [-0.4, -0.2) is 78.8 Å². The molecule has 16 heavy (non-hydrogen) atoms. The fourth-order valence-corrected chi connectivity index (χ4v) is 0.870. The van der Waals surface area contributed by atoms with Crippen LogP contribution in [0.1, 0.15) is 0 Å². The topological polar surface area (TPSA) is 159 Å². The Morgan fingerprint density at radius 1 is 0.938 bits per heavy atom. The van der Waals surface area contributed by atoms with Crippen LogP contribution in [0.15, 0.2) is 0 Å². The number of aliphatic carboxylic acids is 1. The summed E-state index contributed by atoms with van der Waals surface area (Å²) in [4.78, 5) is 10.2. The number of carboxylic acids is 1. The minimum absolute atomic E-state index is 0. The second kappa shape index (κ2) is 8.34. The molecule has 0 fully saturated rings. The molecule has 7 N–H and O–H groups in total. The number of aliphatic hydroxyl groups excluding tert-OH is 6. The van der Waals surface area contributed by atoms with Gasteiger partial charge in [-0.3, -0.25) is 0 Å². The Kier molecular flexibility index (Phi) is 9.69. The van der Waals surface area contributed by atoms with Crippen molar-refractivity contribution in [3.63, 3.8) is 0 Å². The maximum absolute atomic E-state index is 10.2. The maximum atomic E-state index is 10.2. The van der Waals surface area contributed by atoms with Crippen molar-refractivity contribution >= 4 is 5.97 Å². The van der Waals surface area contributed by atoms with E-state index in [1.165, 1.54) is 0 Å². The van der Waals surface area contributed by atoms with Crippen molar-refractivity contribution in [1.29, 1.82) is 0 Å². The molecule has 0 spiro atoms. The van der Waals surface area contributed by atoms with E-state index in [0.29, 0.717) is 0 Å². The first-order chi connectivity index (χ1) is 6.82. The number of carboxylic acid groups (broad SMARTS) is 1. The van der Waals surface area contributed by atoms with Crippen molar-refractivity contribution < 1.29 is 70.1 Å². The number of carbonyl (C=O) groups is 1. The molecule has 0 aliphatic heterocycles. The van der Waals surface area contributed by atoms with Crippen LogP contribution in [0.2, 0.25) is 0 Å². The van der Waals surface area contributed by atoms with E-state index in [4.69, 9.17) is 35.7 Å². The molecule has 0 aliphatic carbocycles. The molecule has 0 aliphatic rings.